The number of aromatic hydroxyl groups is 1. The van der Waals surface area contributed by atoms with Crippen LogP contribution in [-0.2, 0) is 15.6 Å². The first kappa shape index (κ1) is 24.1. The normalized spacial score (nSPS) is 13.1. The van der Waals surface area contributed by atoms with Crippen LogP contribution >= 0.6 is 0 Å². The van der Waals surface area contributed by atoms with Gasteiger partial charge in [0, 0.05) is 0 Å². The summed E-state index contributed by atoms with van der Waals surface area (Å²) in [6, 6.07) is 34.0. The van der Waals surface area contributed by atoms with Crippen LogP contribution in [0.4, 0.5) is 0 Å². The summed E-state index contributed by atoms with van der Waals surface area (Å²) in [7, 11) is 1.62. The van der Waals surface area contributed by atoms with Crippen molar-refractivity contribution in [3.8, 4) is 11.5 Å². The molecule has 0 aliphatic rings. The first-order valence-electron chi connectivity index (χ1n) is 11.8. The van der Waals surface area contributed by atoms with Gasteiger partial charge in [-0.15, -0.1) is 0 Å². The Labute approximate surface area is 206 Å². The van der Waals surface area contributed by atoms with Gasteiger partial charge >= 0.3 is 5.97 Å². The molecular weight excluding hydrogens is 436 g/mol. The van der Waals surface area contributed by atoms with Gasteiger partial charge in [-0.25, -0.2) is 0 Å². The Morgan fingerprint density at radius 2 is 1.17 bits per heavy atom. The predicted molar refractivity (Wildman–Crippen MR) is 138 cm³/mol. The third kappa shape index (κ3) is 3.95. The maximum absolute atomic E-state index is 13.7. The number of methoxy groups -OCH3 is 1. The lowest BCUT2D eigenvalue weighted by atomic mass is 9.50. The van der Waals surface area contributed by atoms with Crippen LogP contribution in [0.1, 0.15) is 42.0 Å². The highest BCUT2D eigenvalue weighted by Crippen LogP contribution is 2.56. The Balaban J connectivity index is 2.24. The molecule has 178 valence electrons. The van der Waals surface area contributed by atoms with E-state index in [0.29, 0.717) is 24.2 Å². The average Bonchev–Trinajstić information content (AvgIpc) is 2.90. The standard InChI is InChI=1S/C31H30O4/c1-3-22-30(29(33)34,23-14-18-27(32)19-15-23)31(24-10-6-4-7-11-24,25-12-8-5-9-13-25)26-16-20-28(35-2)21-17-26/h4-21,32H,3,22H2,1-2H3,(H,33,34). The first-order valence-corrected chi connectivity index (χ1v) is 11.8. The zero-order valence-corrected chi connectivity index (χ0v) is 20.0. The average molecular weight is 467 g/mol. The summed E-state index contributed by atoms with van der Waals surface area (Å²) in [5, 5.41) is 21.3. The van der Waals surface area contributed by atoms with Crippen LogP contribution < -0.4 is 4.74 Å². The van der Waals surface area contributed by atoms with Gasteiger partial charge in [-0.3, -0.25) is 4.79 Å². The SMILES string of the molecule is CCCC(C(=O)O)(c1ccc(O)cc1)C(c1ccccc1)(c1ccccc1)c1ccc(OC)cc1. The van der Waals surface area contributed by atoms with Crippen molar-refractivity contribution in [2.24, 2.45) is 0 Å². The molecule has 0 spiro atoms. The molecule has 1 atom stereocenters. The van der Waals surface area contributed by atoms with E-state index >= 15 is 0 Å². The molecule has 4 heteroatoms. The first-order chi connectivity index (χ1) is 17.0. The molecular formula is C31H30O4. The summed E-state index contributed by atoms with van der Waals surface area (Å²) in [6.07, 6.45) is 1.02. The zero-order valence-electron chi connectivity index (χ0n) is 20.0. The highest BCUT2D eigenvalue weighted by atomic mass is 16.5. The number of carbonyl (C=O) groups is 1. The summed E-state index contributed by atoms with van der Waals surface area (Å²) in [5.74, 6) is -0.127. The minimum absolute atomic E-state index is 0.0963. The smallest absolute Gasteiger partial charge is 0.315 e. The highest BCUT2D eigenvalue weighted by Gasteiger charge is 2.60. The second kappa shape index (κ2) is 10.1. The molecule has 0 heterocycles. The van der Waals surface area contributed by atoms with Gasteiger partial charge < -0.3 is 14.9 Å². The van der Waals surface area contributed by atoms with Crippen molar-refractivity contribution in [2.75, 3.05) is 7.11 Å². The largest absolute Gasteiger partial charge is 0.508 e. The lowest BCUT2D eigenvalue weighted by Gasteiger charge is -2.50. The molecule has 0 aliphatic carbocycles. The van der Waals surface area contributed by atoms with Gasteiger partial charge in [0.05, 0.1) is 12.5 Å². The molecule has 4 nitrogen and oxygen atoms in total. The second-order valence-corrected chi connectivity index (χ2v) is 8.72. The van der Waals surface area contributed by atoms with E-state index < -0.39 is 16.8 Å². The monoisotopic (exact) mass is 466 g/mol. The minimum atomic E-state index is -1.38. The summed E-state index contributed by atoms with van der Waals surface area (Å²) >= 11 is 0. The van der Waals surface area contributed by atoms with Crippen molar-refractivity contribution in [2.45, 2.75) is 30.6 Å². The predicted octanol–water partition coefficient (Wildman–Crippen LogP) is 6.56. The number of carboxylic acids is 1. The number of benzene rings is 4. The molecule has 2 N–H and O–H groups in total. The van der Waals surface area contributed by atoms with E-state index in [4.69, 9.17) is 4.74 Å². The number of hydrogen-bond acceptors (Lipinski definition) is 3. The molecule has 4 aromatic rings. The number of aliphatic carboxylic acids is 1. The molecule has 35 heavy (non-hydrogen) atoms. The van der Waals surface area contributed by atoms with Crippen molar-refractivity contribution in [3.63, 3.8) is 0 Å². The molecule has 0 saturated carbocycles. The van der Waals surface area contributed by atoms with E-state index in [-0.39, 0.29) is 5.75 Å². The molecule has 0 bridgehead atoms. The van der Waals surface area contributed by atoms with Gasteiger partial charge in [-0.1, -0.05) is 98.3 Å². The fourth-order valence-corrected chi connectivity index (χ4v) is 5.52. The Morgan fingerprint density at radius 3 is 1.60 bits per heavy atom. The number of phenols is 1. The lowest BCUT2D eigenvalue weighted by molar-refractivity contribution is -0.146. The van der Waals surface area contributed by atoms with Crippen LogP contribution in [-0.4, -0.2) is 23.3 Å². The molecule has 0 fully saturated rings. The molecule has 0 radical (unpaired) electrons. The van der Waals surface area contributed by atoms with Crippen LogP contribution in [0, 0.1) is 0 Å². The number of hydrogen-bond donors (Lipinski definition) is 2. The van der Waals surface area contributed by atoms with Crippen LogP contribution in [0.3, 0.4) is 0 Å². The summed E-state index contributed by atoms with van der Waals surface area (Å²) in [4.78, 5) is 13.7. The summed E-state index contributed by atoms with van der Waals surface area (Å²) in [6.45, 7) is 2.01. The van der Waals surface area contributed by atoms with Gasteiger partial charge in [-0.05, 0) is 52.9 Å². The second-order valence-electron chi connectivity index (χ2n) is 8.72. The van der Waals surface area contributed by atoms with Gasteiger partial charge in [0.1, 0.15) is 16.9 Å². The van der Waals surface area contributed by atoms with E-state index in [0.717, 1.165) is 16.7 Å². The van der Waals surface area contributed by atoms with Crippen LogP contribution in [0.2, 0.25) is 0 Å². The van der Waals surface area contributed by atoms with E-state index in [1.165, 1.54) is 0 Å². The molecule has 0 saturated heterocycles. The Kier molecular flexibility index (Phi) is 6.92. The number of phenolic OH excluding ortho intramolecular Hbond substituents is 1. The third-order valence-electron chi connectivity index (χ3n) is 6.93. The van der Waals surface area contributed by atoms with Gasteiger partial charge in [0.25, 0.3) is 0 Å². The van der Waals surface area contributed by atoms with E-state index in [2.05, 4.69) is 0 Å². The number of ether oxygens (including phenoxy) is 1. The van der Waals surface area contributed by atoms with Gasteiger partial charge in [0.15, 0.2) is 0 Å². The fraction of sp³-hybridized carbons (Fsp3) is 0.194. The maximum atomic E-state index is 13.7. The quantitative estimate of drug-likeness (QED) is 0.274. The highest BCUT2D eigenvalue weighted by molar-refractivity contribution is 5.87. The molecule has 0 aromatic heterocycles. The van der Waals surface area contributed by atoms with Crippen molar-refractivity contribution < 1.29 is 19.7 Å². The molecule has 1 unspecified atom stereocenters. The zero-order chi connectivity index (χ0) is 24.9. The summed E-state index contributed by atoms with van der Waals surface area (Å²) < 4.78 is 5.43. The Bertz CT molecular complexity index is 1210. The van der Waals surface area contributed by atoms with E-state index in [1.807, 2.05) is 91.9 Å². The molecule has 4 rings (SSSR count). The third-order valence-corrected chi connectivity index (χ3v) is 6.93. The van der Waals surface area contributed by atoms with Crippen molar-refractivity contribution >= 4 is 5.97 Å². The Hall–Kier alpha value is -4.05. The van der Waals surface area contributed by atoms with Crippen molar-refractivity contribution in [1.29, 1.82) is 0 Å². The van der Waals surface area contributed by atoms with Gasteiger partial charge in [-0.2, -0.15) is 0 Å². The van der Waals surface area contributed by atoms with Crippen molar-refractivity contribution in [3.05, 3.63) is 131 Å². The van der Waals surface area contributed by atoms with E-state index in [9.17, 15) is 15.0 Å². The fourth-order valence-electron chi connectivity index (χ4n) is 5.52. The molecule has 0 aliphatic heterocycles. The maximum Gasteiger partial charge on any atom is 0.315 e. The minimum Gasteiger partial charge on any atom is -0.508 e. The van der Waals surface area contributed by atoms with Crippen LogP contribution in [0.5, 0.6) is 11.5 Å². The van der Waals surface area contributed by atoms with Crippen LogP contribution in [0.15, 0.2) is 109 Å². The number of carboxylic acid groups (broad SMARTS) is 1. The molecule has 4 aromatic carbocycles. The summed E-state index contributed by atoms with van der Waals surface area (Å²) in [5.41, 5.74) is 0.765. The van der Waals surface area contributed by atoms with Crippen LogP contribution in [0.25, 0.3) is 0 Å². The van der Waals surface area contributed by atoms with Gasteiger partial charge in [0.2, 0.25) is 0 Å². The molecule has 0 amide bonds. The van der Waals surface area contributed by atoms with Crippen molar-refractivity contribution in [1.82, 2.24) is 0 Å². The lowest BCUT2D eigenvalue weighted by Crippen LogP contribution is -2.56. The Morgan fingerprint density at radius 1 is 0.714 bits per heavy atom. The topological polar surface area (TPSA) is 66.8 Å². The number of rotatable bonds is 9. The van der Waals surface area contributed by atoms with E-state index in [1.54, 1.807) is 31.4 Å².